The van der Waals surface area contributed by atoms with E-state index in [-0.39, 0.29) is 6.04 Å². The fraction of sp³-hybridized carbons (Fsp3) is 0.500. The molecule has 5 heteroatoms. The first-order chi connectivity index (χ1) is 6.40. The number of nitrogens with zero attached hydrogens (tertiary/aromatic N) is 2. The number of hydrogen-bond donors (Lipinski definition) is 2. The molecule has 70 valence electrons. The molecule has 1 unspecified atom stereocenters. The second-order valence-corrected chi connectivity index (χ2v) is 3.14. The van der Waals surface area contributed by atoms with Crippen LogP contribution in [0.1, 0.15) is 11.6 Å². The second-order valence-electron chi connectivity index (χ2n) is 3.14. The Kier molecular flexibility index (Phi) is 2.27. The Hall–Kier alpha value is -1.36. The van der Waals surface area contributed by atoms with Gasteiger partial charge in [-0.25, -0.2) is 0 Å². The van der Waals surface area contributed by atoms with E-state index in [4.69, 9.17) is 0 Å². The molecule has 0 aromatic carbocycles. The molecular weight excluding hydrogens is 168 g/mol. The topological polar surface area (TPSA) is 61.0 Å². The largest absolute Gasteiger partial charge is 0.342 e. The Bertz CT molecular complexity index is 272. The lowest BCUT2D eigenvalue weighted by atomic mass is 10.1. The van der Waals surface area contributed by atoms with Crippen LogP contribution in [-0.4, -0.2) is 41.1 Å². The molecule has 1 amide bonds. The number of carbonyl (C=O) groups excluding carboxylic acids is 1. The van der Waals surface area contributed by atoms with E-state index >= 15 is 0 Å². The summed E-state index contributed by atoms with van der Waals surface area (Å²) in [5.74, 6) is 0. The molecule has 2 heterocycles. The first kappa shape index (κ1) is 8.25. The maximum Gasteiger partial charge on any atom is 0.209 e. The van der Waals surface area contributed by atoms with Crippen molar-refractivity contribution < 1.29 is 4.79 Å². The number of hydrogen-bond acceptors (Lipinski definition) is 3. The van der Waals surface area contributed by atoms with Crippen LogP contribution < -0.4 is 5.32 Å². The number of H-pyrrole nitrogens is 1. The highest BCUT2D eigenvalue weighted by Crippen LogP contribution is 2.14. The Morgan fingerprint density at radius 1 is 1.69 bits per heavy atom. The molecule has 0 radical (unpaired) electrons. The monoisotopic (exact) mass is 180 g/mol. The van der Waals surface area contributed by atoms with Gasteiger partial charge < -0.3 is 10.2 Å². The van der Waals surface area contributed by atoms with Crippen molar-refractivity contribution in [2.24, 2.45) is 0 Å². The summed E-state index contributed by atoms with van der Waals surface area (Å²) in [6.45, 7) is 2.36. The van der Waals surface area contributed by atoms with Gasteiger partial charge in [-0.3, -0.25) is 9.89 Å². The summed E-state index contributed by atoms with van der Waals surface area (Å²) in [5, 5.41) is 9.96. The normalized spacial score (nSPS) is 23.1. The van der Waals surface area contributed by atoms with E-state index in [9.17, 15) is 4.79 Å². The summed E-state index contributed by atoms with van der Waals surface area (Å²) in [6.07, 6.45) is 4.53. The molecule has 1 saturated heterocycles. The third-order valence-corrected chi connectivity index (χ3v) is 2.28. The summed E-state index contributed by atoms with van der Waals surface area (Å²) < 4.78 is 0. The fourth-order valence-corrected chi connectivity index (χ4v) is 1.54. The summed E-state index contributed by atoms with van der Waals surface area (Å²) in [5.41, 5.74) is 1.10. The Balaban J connectivity index is 2.04. The molecular formula is C8H12N4O. The number of rotatable bonds is 2. The van der Waals surface area contributed by atoms with Gasteiger partial charge in [0.1, 0.15) is 0 Å². The summed E-state index contributed by atoms with van der Waals surface area (Å²) in [4.78, 5) is 12.3. The van der Waals surface area contributed by atoms with E-state index in [1.165, 1.54) is 0 Å². The first-order valence-electron chi connectivity index (χ1n) is 4.31. The lowest BCUT2D eigenvalue weighted by molar-refractivity contribution is -0.119. The van der Waals surface area contributed by atoms with Crippen LogP contribution >= 0.6 is 0 Å². The van der Waals surface area contributed by atoms with Gasteiger partial charge in [-0.1, -0.05) is 0 Å². The third-order valence-electron chi connectivity index (χ3n) is 2.28. The minimum Gasteiger partial charge on any atom is -0.342 e. The highest BCUT2D eigenvalue weighted by atomic mass is 16.1. The average Bonchev–Trinajstić information content (AvgIpc) is 2.71. The van der Waals surface area contributed by atoms with Crippen molar-refractivity contribution in [3.8, 4) is 0 Å². The van der Waals surface area contributed by atoms with Gasteiger partial charge in [0.05, 0.1) is 12.2 Å². The lowest BCUT2D eigenvalue weighted by Crippen LogP contribution is -2.44. The predicted octanol–water partition coefficient (Wildman–Crippen LogP) is -0.488. The molecule has 2 rings (SSSR count). The van der Waals surface area contributed by atoms with Crippen molar-refractivity contribution in [3.63, 3.8) is 0 Å². The smallest absolute Gasteiger partial charge is 0.209 e. The second kappa shape index (κ2) is 3.57. The minimum atomic E-state index is 0.220. The number of aromatic amines is 1. The Morgan fingerprint density at radius 3 is 3.31 bits per heavy atom. The highest BCUT2D eigenvalue weighted by Gasteiger charge is 2.19. The fourth-order valence-electron chi connectivity index (χ4n) is 1.54. The molecule has 2 N–H and O–H groups in total. The van der Waals surface area contributed by atoms with E-state index in [0.717, 1.165) is 31.6 Å². The third kappa shape index (κ3) is 1.70. The van der Waals surface area contributed by atoms with E-state index < -0.39 is 0 Å². The molecule has 0 saturated carbocycles. The zero-order valence-corrected chi connectivity index (χ0v) is 7.23. The molecule has 1 atom stereocenters. The summed E-state index contributed by atoms with van der Waals surface area (Å²) in [6, 6.07) is 0.220. The van der Waals surface area contributed by atoms with Crippen molar-refractivity contribution in [2.45, 2.75) is 6.04 Å². The number of piperazine rings is 1. The van der Waals surface area contributed by atoms with Gasteiger partial charge in [0.25, 0.3) is 0 Å². The van der Waals surface area contributed by atoms with E-state index in [2.05, 4.69) is 15.5 Å². The molecule has 1 aromatic rings. The van der Waals surface area contributed by atoms with Crippen LogP contribution in [0.5, 0.6) is 0 Å². The standard InChI is InChI=1S/C8H12N4O/c13-6-12-2-1-9-8(5-12)7-3-10-11-4-7/h3-4,6,8-9H,1-2,5H2,(H,10,11). The van der Waals surface area contributed by atoms with Crippen molar-refractivity contribution >= 4 is 6.41 Å². The van der Waals surface area contributed by atoms with Gasteiger partial charge in [-0.05, 0) is 0 Å². The Labute approximate surface area is 76.1 Å². The SMILES string of the molecule is O=CN1CCNC(c2cn[nH]c2)C1. The van der Waals surface area contributed by atoms with E-state index in [0.29, 0.717) is 0 Å². The highest BCUT2D eigenvalue weighted by molar-refractivity contribution is 5.47. The zero-order chi connectivity index (χ0) is 9.10. The van der Waals surface area contributed by atoms with Crippen molar-refractivity contribution in [2.75, 3.05) is 19.6 Å². The van der Waals surface area contributed by atoms with Crippen molar-refractivity contribution in [1.29, 1.82) is 0 Å². The van der Waals surface area contributed by atoms with E-state index in [1.807, 2.05) is 6.20 Å². The molecule has 0 spiro atoms. The summed E-state index contributed by atoms with van der Waals surface area (Å²) in [7, 11) is 0. The van der Waals surface area contributed by atoms with Crippen LogP contribution in [0.2, 0.25) is 0 Å². The maximum atomic E-state index is 10.5. The molecule has 0 bridgehead atoms. The number of amides is 1. The molecule has 1 aliphatic heterocycles. The molecule has 13 heavy (non-hydrogen) atoms. The van der Waals surface area contributed by atoms with Crippen LogP contribution in [0.15, 0.2) is 12.4 Å². The van der Waals surface area contributed by atoms with Gasteiger partial charge in [-0.2, -0.15) is 5.10 Å². The minimum absolute atomic E-state index is 0.220. The zero-order valence-electron chi connectivity index (χ0n) is 7.23. The molecule has 1 fully saturated rings. The number of aromatic nitrogens is 2. The van der Waals surface area contributed by atoms with Gasteiger partial charge in [-0.15, -0.1) is 0 Å². The summed E-state index contributed by atoms with van der Waals surface area (Å²) >= 11 is 0. The van der Waals surface area contributed by atoms with Crippen molar-refractivity contribution in [3.05, 3.63) is 18.0 Å². The van der Waals surface area contributed by atoms with Crippen LogP contribution in [0.3, 0.4) is 0 Å². The number of carbonyl (C=O) groups is 1. The molecule has 1 aliphatic rings. The van der Waals surface area contributed by atoms with Crippen LogP contribution in [0.4, 0.5) is 0 Å². The maximum absolute atomic E-state index is 10.5. The van der Waals surface area contributed by atoms with Gasteiger partial charge >= 0.3 is 0 Å². The number of nitrogens with one attached hydrogen (secondary N) is 2. The van der Waals surface area contributed by atoms with Gasteiger partial charge in [0.15, 0.2) is 0 Å². The lowest BCUT2D eigenvalue weighted by Gasteiger charge is -2.30. The van der Waals surface area contributed by atoms with Gasteiger partial charge in [0, 0.05) is 31.4 Å². The molecule has 1 aromatic heterocycles. The van der Waals surface area contributed by atoms with Crippen LogP contribution in [0.25, 0.3) is 0 Å². The quantitative estimate of drug-likeness (QED) is 0.604. The molecule has 5 nitrogen and oxygen atoms in total. The first-order valence-corrected chi connectivity index (χ1v) is 4.31. The molecule has 0 aliphatic carbocycles. The van der Waals surface area contributed by atoms with Crippen molar-refractivity contribution in [1.82, 2.24) is 20.4 Å². The van der Waals surface area contributed by atoms with Crippen LogP contribution in [0, 0.1) is 0 Å². The van der Waals surface area contributed by atoms with E-state index in [1.54, 1.807) is 11.1 Å². The van der Waals surface area contributed by atoms with Crippen LogP contribution in [-0.2, 0) is 4.79 Å². The van der Waals surface area contributed by atoms with Gasteiger partial charge in [0.2, 0.25) is 6.41 Å². The average molecular weight is 180 g/mol. The Morgan fingerprint density at radius 2 is 2.62 bits per heavy atom. The predicted molar refractivity (Wildman–Crippen MR) is 47.0 cm³/mol.